The smallest absolute Gasteiger partial charge is 0.261 e. The number of rotatable bonds is 6. The first kappa shape index (κ1) is 21.7. The summed E-state index contributed by atoms with van der Waals surface area (Å²) in [5.74, 6) is 1.07. The number of aryl methyl sites for hydroxylation is 2. The molecule has 32 heavy (non-hydrogen) atoms. The Kier molecular flexibility index (Phi) is 6.05. The van der Waals surface area contributed by atoms with E-state index in [-0.39, 0.29) is 23.5 Å². The van der Waals surface area contributed by atoms with Gasteiger partial charge in [0.15, 0.2) is 11.5 Å². The molecule has 1 aliphatic rings. The van der Waals surface area contributed by atoms with E-state index in [4.69, 9.17) is 9.47 Å². The Morgan fingerprint density at radius 1 is 1.00 bits per heavy atom. The first-order valence-electron chi connectivity index (χ1n) is 10.2. The molecule has 7 nitrogen and oxygen atoms in total. The van der Waals surface area contributed by atoms with Crippen LogP contribution in [-0.4, -0.2) is 33.6 Å². The molecule has 1 heterocycles. The fourth-order valence-electron chi connectivity index (χ4n) is 3.31. The lowest BCUT2D eigenvalue weighted by molar-refractivity contribution is 0.0789. The number of para-hydroxylation sites is 2. The molecular formula is C24H24N2O5S. The van der Waals surface area contributed by atoms with Gasteiger partial charge in [-0.3, -0.25) is 9.52 Å². The molecule has 4 rings (SSSR count). The van der Waals surface area contributed by atoms with Crippen LogP contribution in [0.5, 0.6) is 11.5 Å². The number of hydrogen-bond acceptors (Lipinski definition) is 5. The van der Waals surface area contributed by atoms with Crippen molar-refractivity contribution in [2.24, 2.45) is 0 Å². The molecule has 2 N–H and O–H groups in total. The lowest BCUT2D eigenvalue weighted by Crippen LogP contribution is -2.40. The van der Waals surface area contributed by atoms with Gasteiger partial charge in [-0.05, 0) is 61.9 Å². The predicted octanol–water partition coefficient (Wildman–Crippen LogP) is 3.67. The quantitative estimate of drug-likeness (QED) is 0.595. The van der Waals surface area contributed by atoms with E-state index >= 15 is 0 Å². The number of anilines is 1. The summed E-state index contributed by atoms with van der Waals surface area (Å²) in [5, 5.41) is 2.84. The zero-order chi connectivity index (χ0) is 22.7. The van der Waals surface area contributed by atoms with Crippen LogP contribution < -0.4 is 19.5 Å². The van der Waals surface area contributed by atoms with Gasteiger partial charge in [-0.15, -0.1) is 0 Å². The van der Waals surface area contributed by atoms with Crippen molar-refractivity contribution < 1.29 is 22.7 Å². The molecule has 0 bridgehead atoms. The highest BCUT2D eigenvalue weighted by molar-refractivity contribution is 7.92. The maximum atomic E-state index is 12.6. The summed E-state index contributed by atoms with van der Waals surface area (Å²) >= 11 is 0. The Hall–Kier alpha value is -3.52. The fourth-order valence-corrected chi connectivity index (χ4v) is 4.44. The van der Waals surface area contributed by atoms with Crippen molar-refractivity contribution in [3.63, 3.8) is 0 Å². The van der Waals surface area contributed by atoms with Gasteiger partial charge in [-0.25, -0.2) is 8.42 Å². The molecule has 0 spiro atoms. The molecule has 3 aromatic rings. The molecule has 0 unspecified atom stereocenters. The number of amides is 1. The summed E-state index contributed by atoms with van der Waals surface area (Å²) in [6.45, 7) is 4.27. The lowest BCUT2D eigenvalue weighted by Gasteiger charge is -2.26. The molecule has 8 heteroatoms. The summed E-state index contributed by atoms with van der Waals surface area (Å²) in [6.07, 6.45) is -0.296. The van der Waals surface area contributed by atoms with Crippen molar-refractivity contribution in [2.45, 2.75) is 24.8 Å². The van der Waals surface area contributed by atoms with Crippen LogP contribution in [0.15, 0.2) is 71.6 Å². The first-order valence-corrected chi connectivity index (χ1v) is 11.7. The molecule has 0 saturated carbocycles. The number of sulfonamides is 1. The van der Waals surface area contributed by atoms with Crippen molar-refractivity contribution in [3.8, 4) is 11.5 Å². The number of carbonyl (C=O) groups excluding carboxylic acids is 1. The molecule has 3 aromatic carbocycles. The number of carbonyl (C=O) groups is 1. The summed E-state index contributed by atoms with van der Waals surface area (Å²) in [5.41, 5.74) is 2.46. The summed E-state index contributed by atoms with van der Waals surface area (Å²) in [4.78, 5) is 12.8. The van der Waals surface area contributed by atoms with Crippen LogP contribution in [0.3, 0.4) is 0 Å². The molecule has 0 aromatic heterocycles. The molecule has 1 amide bonds. The molecule has 0 aliphatic carbocycles. The fraction of sp³-hybridized carbons (Fsp3) is 0.208. The van der Waals surface area contributed by atoms with E-state index in [0.717, 1.165) is 5.56 Å². The van der Waals surface area contributed by atoms with Crippen LogP contribution >= 0.6 is 0 Å². The van der Waals surface area contributed by atoms with E-state index in [2.05, 4.69) is 10.0 Å². The zero-order valence-electron chi connectivity index (χ0n) is 17.8. The van der Waals surface area contributed by atoms with E-state index in [0.29, 0.717) is 34.9 Å². The van der Waals surface area contributed by atoms with Crippen molar-refractivity contribution in [3.05, 3.63) is 83.4 Å². The predicted molar refractivity (Wildman–Crippen MR) is 122 cm³/mol. The van der Waals surface area contributed by atoms with E-state index < -0.39 is 10.0 Å². The Bertz CT molecular complexity index is 1240. The van der Waals surface area contributed by atoms with Crippen LogP contribution in [0.4, 0.5) is 5.69 Å². The maximum absolute atomic E-state index is 12.6. The summed E-state index contributed by atoms with van der Waals surface area (Å²) < 4.78 is 39.4. The van der Waals surface area contributed by atoms with Gasteiger partial charge in [0.25, 0.3) is 15.9 Å². The molecule has 0 saturated heterocycles. The standard InChI is InChI=1S/C24H24N2O5S/c1-16-7-10-20(11-8-16)32(28,29)26-21-12-9-18(13-17(21)2)24(27)25-14-19-15-30-22-5-3-4-6-23(22)31-19/h3-13,19,26H,14-15H2,1-2H3,(H,25,27)/t19-/m0/s1. The number of ether oxygens (including phenoxy) is 2. The third kappa shape index (κ3) is 4.86. The maximum Gasteiger partial charge on any atom is 0.261 e. The summed E-state index contributed by atoms with van der Waals surface area (Å²) in [7, 11) is -3.72. The van der Waals surface area contributed by atoms with E-state index in [9.17, 15) is 13.2 Å². The lowest BCUT2D eigenvalue weighted by atomic mass is 10.1. The summed E-state index contributed by atoms with van der Waals surface area (Å²) in [6, 6.07) is 18.8. The van der Waals surface area contributed by atoms with Crippen molar-refractivity contribution in [1.29, 1.82) is 0 Å². The zero-order valence-corrected chi connectivity index (χ0v) is 18.6. The van der Waals surface area contributed by atoms with Gasteiger partial charge in [0.05, 0.1) is 17.1 Å². The van der Waals surface area contributed by atoms with E-state index in [1.807, 2.05) is 31.2 Å². The highest BCUT2D eigenvalue weighted by Gasteiger charge is 2.22. The largest absolute Gasteiger partial charge is 0.486 e. The second-order valence-corrected chi connectivity index (χ2v) is 9.34. The third-order valence-electron chi connectivity index (χ3n) is 5.12. The third-order valence-corrected chi connectivity index (χ3v) is 6.50. The number of hydrogen-bond donors (Lipinski definition) is 2. The second kappa shape index (κ2) is 8.92. The molecule has 166 valence electrons. The number of nitrogens with one attached hydrogen (secondary N) is 2. The minimum absolute atomic E-state index is 0.181. The van der Waals surface area contributed by atoms with Crippen LogP contribution in [0.1, 0.15) is 21.5 Å². The Balaban J connectivity index is 1.38. The van der Waals surface area contributed by atoms with Crippen molar-refractivity contribution in [1.82, 2.24) is 5.32 Å². The minimum atomic E-state index is -3.72. The van der Waals surface area contributed by atoms with E-state index in [1.54, 1.807) is 49.4 Å². The van der Waals surface area contributed by atoms with Crippen LogP contribution in [-0.2, 0) is 10.0 Å². The van der Waals surface area contributed by atoms with Gasteiger partial charge in [0.1, 0.15) is 12.7 Å². The number of benzene rings is 3. The average molecular weight is 453 g/mol. The molecular weight excluding hydrogens is 428 g/mol. The van der Waals surface area contributed by atoms with Gasteiger partial charge in [0, 0.05) is 5.56 Å². The van der Waals surface area contributed by atoms with E-state index in [1.165, 1.54) is 0 Å². The van der Waals surface area contributed by atoms with Gasteiger partial charge < -0.3 is 14.8 Å². The second-order valence-electron chi connectivity index (χ2n) is 7.66. The monoisotopic (exact) mass is 452 g/mol. The highest BCUT2D eigenvalue weighted by atomic mass is 32.2. The minimum Gasteiger partial charge on any atom is -0.486 e. The highest BCUT2D eigenvalue weighted by Crippen LogP contribution is 2.30. The SMILES string of the molecule is Cc1ccc(S(=O)(=O)Nc2ccc(C(=O)NC[C@H]3COc4ccccc4O3)cc2C)cc1. The van der Waals surface area contributed by atoms with Gasteiger partial charge in [0.2, 0.25) is 0 Å². The van der Waals surface area contributed by atoms with Crippen LogP contribution in [0.25, 0.3) is 0 Å². The van der Waals surface area contributed by atoms with Crippen LogP contribution in [0, 0.1) is 13.8 Å². The normalized spacial score (nSPS) is 15.1. The molecule has 0 radical (unpaired) electrons. The number of fused-ring (bicyclic) bond motifs is 1. The van der Waals surface area contributed by atoms with Gasteiger partial charge in [-0.2, -0.15) is 0 Å². The Morgan fingerprint density at radius 3 is 2.44 bits per heavy atom. The molecule has 1 atom stereocenters. The Morgan fingerprint density at radius 2 is 1.72 bits per heavy atom. The van der Waals surface area contributed by atoms with Gasteiger partial charge in [-0.1, -0.05) is 29.8 Å². The molecule has 1 aliphatic heterocycles. The Labute approximate surface area is 187 Å². The van der Waals surface area contributed by atoms with Crippen molar-refractivity contribution >= 4 is 21.6 Å². The topological polar surface area (TPSA) is 93.7 Å². The average Bonchev–Trinajstić information content (AvgIpc) is 2.79. The van der Waals surface area contributed by atoms with Gasteiger partial charge >= 0.3 is 0 Å². The van der Waals surface area contributed by atoms with Crippen LogP contribution in [0.2, 0.25) is 0 Å². The van der Waals surface area contributed by atoms with Crippen molar-refractivity contribution in [2.75, 3.05) is 17.9 Å². The molecule has 0 fully saturated rings. The first-order chi connectivity index (χ1) is 15.3.